The van der Waals surface area contributed by atoms with Crippen LogP contribution in [-0.4, -0.2) is 0 Å². The molecule has 0 aliphatic heterocycles. The molecule has 162 valence electrons. The lowest BCUT2D eigenvalue weighted by molar-refractivity contribution is 0.397. The summed E-state index contributed by atoms with van der Waals surface area (Å²) in [5, 5.41) is 0. The van der Waals surface area contributed by atoms with E-state index in [4.69, 9.17) is 0 Å². The first-order valence-corrected chi connectivity index (χ1v) is 12.9. The molecule has 0 bridgehead atoms. The fourth-order valence-corrected chi connectivity index (χ4v) is 6.99. The highest BCUT2D eigenvalue weighted by molar-refractivity contribution is 5.84. The lowest BCUT2D eigenvalue weighted by atomic mass is 9.82. The first kappa shape index (κ1) is 21.7. The Hall–Kier alpha value is -1.56. The van der Waals surface area contributed by atoms with Crippen LogP contribution in [0, 0.1) is 11.3 Å². The molecule has 0 radical (unpaired) electrons. The van der Waals surface area contributed by atoms with Gasteiger partial charge in [-0.15, -0.1) is 0 Å². The smallest absolute Gasteiger partial charge is 0.0305 e. The van der Waals surface area contributed by atoms with Gasteiger partial charge in [0.2, 0.25) is 0 Å². The van der Waals surface area contributed by atoms with Crippen LogP contribution in [0.3, 0.4) is 0 Å². The molecule has 2 aliphatic carbocycles. The summed E-state index contributed by atoms with van der Waals surface area (Å²) < 4.78 is 0. The Bertz CT molecular complexity index is 786. The molecule has 0 amide bonds. The van der Waals surface area contributed by atoms with E-state index in [0.717, 1.165) is 5.92 Å². The second-order valence-corrected chi connectivity index (χ2v) is 10.2. The van der Waals surface area contributed by atoms with Gasteiger partial charge in [0.15, 0.2) is 0 Å². The van der Waals surface area contributed by atoms with Crippen molar-refractivity contribution in [2.24, 2.45) is 11.3 Å². The van der Waals surface area contributed by atoms with Crippen LogP contribution in [0.15, 0.2) is 48.5 Å². The number of hydrogen-bond acceptors (Lipinski definition) is 0. The van der Waals surface area contributed by atoms with E-state index in [0.29, 0.717) is 5.41 Å². The molecule has 0 heterocycles. The lowest BCUT2D eigenvalue weighted by Crippen LogP contribution is -2.15. The molecular formula is C30H42. The Kier molecular flexibility index (Phi) is 6.71. The van der Waals surface area contributed by atoms with Crippen molar-refractivity contribution in [3.05, 3.63) is 59.7 Å². The Morgan fingerprint density at radius 1 is 0.633 bits per heavy atom. The quantitative estimate of drug-likeness (QED) is 0.310. The van der Waals surface area contributed by atoms with Crippen molar-refractivity contribution in [3.63, 3.8) is 0 Å². The van der Waals surface area contributed by atoms with Crippen LogP contribution in [0.25, 0.3) is 11.1 Å². The molecule has 0 heteroatoms. The molecule has 1 fully saturated rings. The molecule has 2 aromatic rings. The van der Waals surface area contributed by atoms with Crippen molar-refractivity contribution >= 4 is 0 Å². The molecule has 1 spiro atoms. The van der Waals surface area contributed by atoms with Crippen LogP contribution >= 0.6 is 0 Å². The van der Waals surface area contributed by atoms with Gasteiger partial charge in [-0.05, 0) is 46.4 Å². The van der Waals surface area contributed by atoms with Crippen molar-refractivity contribution in [1.82, 2.24) is 0 Å². The second-order valence-electron chi connectivity index (χ2n) is 10.2. The molecule has 2 unspecified atom stereocenters. The standard InChI is InChI=1S/C30H42/c1-4-6-8-10-12-22-28-29(3,23-17-11-9-7-5-2)30(28)26-20-15-13-18-24(26)25-19-14-16-21-27(25)30/h13-16,18-21,28H,4-12,17,22-23H2,1-3H3. The Morgan fingerprint density at radius 2 is 1.13 bits per heavy atom. The summed E-state index contributed by atoms with van der Waals surface area (Å²) in [6, 6.07) is 18.7. The summed E-state index contributed by atoms with van der Waals surface area (Å²) in [5.74, 6) is 0.808. The molecule has 0 aromatic heterocycles. The second kappa shape index (κ2) is 9.29. The van der Waals surface area contributed by atoms with Crippen LogP contribution < -0.4 is 0 Å². The molecule has 2 aliphatic rings. The van der Waals surface area contributed by atoms with E-state index in [1.54, 1.807) is 11.1 Å². The summed E-state index contributed by atoms with van der Waals surface area (Å²) in [7, 11) is 0. The average molecular weight is 403 g/mol. The van der Waals surface area contributed by atoms with Gasteiger partial charge in [0, 0.05) is 5.41 Å². The van der Waals surface area contributed by atoms with Gasteiger partial charge in [0.05, 0.1) is 0 Å². The maximum Gasteiger partial charge on any atom is 0.0305 e. The van der Waals surface area contributed by atoms with E-state index in [-0.39, 0.29) is 5.41 Å². The van der Waals surface area contributed by atoms with Crippen molar-refractivity contribution in [2.45, 2.75) is 103 Å². The molecule has 0 nitrogen and oxygen atoms in total. The zero-order valence-electron chi connectivity index (χ0n) is 19.7. The van der Waals surface area contributed by atoms with Crippen molar-refractivity contribution < 1.29 is 0 Å². The number of rotatable bonds is 12. The van der Waals surface area contributed by atoms with Crippen LogP contribution in [0.2, 0.25) is 0 Å². The highest BCUT2D eigenvalue weighted by Gasteiger charge is 2.75. The van der Waals surface area contributed by atoms with Crippen LogP contribution in [-0.2, 0) is 5.41 Å². The molecule has 0 saturated heterocycles. The van der Waals surface area contributed by atoms with E-state index >= 15 is 0 Å². The zero-order valence-corrected chi connectivity index (χ0v) is 19.7. The van der Waals surface area contributed by atoms with Crippen molar-refractivity contribution in [1.29, 1.82) is 0 Å². The van der Waals surface area contributed by atoms with Crippen LogP contribution in [0.5, 0.6) is 0 Å². The van der Waals surface area contributed by atoms with Crippen molar-refractivity contribution in [2.75, 3.05) is 0 Å². The summed E-state index contributed by atoms with van der Waals surface area (Å²) in [4.78, 5) is 0. The fourth-order valence-electron chi connectivity index (χ4n) is 6.99. The third-order valence-corrected chi connectivity index (χ3v) is 8.50. The number of fused-ring (bicyclic) bond motifs is 5. The molecule has 2 aromatic carbocycles. The SMILES string of the molecule is CCCCCCCC1C(C)(CCCCCCC)C12c1ccccc1-c1ccccc12. The maximum atomic E-state index is 2.64. The minimum Gasteiger partial charge on any atom is -0.0654 e. The van der Waals surface area contributed by atoms with Gasteiger partial charge < -0.3 is 0 Å². The highest BCUT2D eigenvalue weighted by atomic mass is 14.8. The van der Waals surface area contributed by atoms with Gasteiger partial charge in [0.25, 0.3) is 0 Å². The van der Waals surface area contributed by atoms with Gasteiger partial charge in [0.1, 0.15) is 0 Å². The average Bonchev–Trinajstić information content (AvgIpc) is 3.16. The van der Waals surface area contributed by atoms with Crippen LogP contribution in [0.4, 0.5) is 0 Å². The van der Waals surface area contributed by atoms with E-state index in [1.165, 1.54) is 88.2 Å². The molecule has 2 atom stereocenters. The highest BCUT2D eigenvalue weighted by Crippen LogP contribution is 2.79. The molecule has 0 N–H and O–H groups in total. The summed E-state index contributed by atoms with van der Waals surface area (Å²) in [5.41, 5.74) is 7.00. The topological polar surface area (TPSA) is 0 Å². The van der Waals surface area contributed by atoms with E-state index in [1.807, 2.05) is 0 Å². The molecule has 30 heavy (non-hydrogen) atoms. The number of hydrogen-bond donors (Lipinski definition) is 0. The number of benzene rings is 2. The minimum absolute atomic E-state index is 0.274. The molecule has 1 saturated carbocycles. The van der Waals surface area contributed by atoms with Gasteiger partial charge in [-0.3, -0.25) is 0 Å². The number of unbranched alkanes of at least 4 members (excludes halogenated alkanes) is 8. The predicted molar refractivity (Wildman–Crippen MR) is 131 cm³/mol. The Balaban J connectivity index is 1.61. The molecule has 4 rings (SSSR count). The van der Waals surface area contributed by atoms with E-state index in [9.17, 15) is 0 Å². The van der Waals surface area contributed by atoms with Gasteiger partial charge in [-0.1, -0.05) is 134 Å². The normalized spacial score (nSPS) is 22.8. The Morgan fingerprint density at radius 3 is 1.70 bits per heavy atom. The zero-order chi connectivity index (χ0) is 21.0. The van der Waals surface area contributed by atoms with Crippen LogP contribution in [0.1, 0.15) is 109 Å². The maximum absolute atomic E-state index is 2.64. The Labute approximate surface area is 185 Å². The molecular weight excluding hydrogens is 360 g/mol. The minimum atomic E-state index is 0.274. The predicted octanol–water partition coefficient (Wildman–Crippen LogP) is 9.31. The van der Waals surface area contributed by atoms with Crippen molar-refractivity contribution in [3.8, 4) is 11.1 Å². The first-order valence-electron chi connectivity index (χ1n) is 12.9. The summed E-state index contributed by atoms with van der Waals surface area (Å²) in [6.45, 7) is 7.28. The summed E-state index contributed by atoms with van der Waals surface area (Å²) >= 11 is 0. The van der Waals surface area contributed by atoms with Gasteiger partial charge in [-0.25, -0.2) is 0 Å². The largest absolute Gasteiger partial charge is 0.0654 e. The van der Waals surface area contributed by atoms with Gasteiger partial charge in [-0.2, -0.15) is 0 Å². The lowest BCUT2D eigenvalue weighted by Gasteiger charge is -2.21. The monoisotopic (exact) mass is 402 g/mol. The summed E-state index contributed by atoms with van der Waals surface area (Å²) in [6.07, 6.45) is 16.7. The van der Waals surface area contributed by atoms with E-state index < -0.39 is 0 Å². The third-order valence-electron chi connectivity index (χ3n) is 8.50. The first-order chi connectivity index (χ1) is 14.7. The van der Waals surface area contributed by atoms with E-state index in [2.05, 4.69) is 69.3 Å². The third kappa shape index (κ3) is 3.45. The van der Waals surface area contributed by atoms with Gasteiger partial charge >= 0.3 is 0 Å². The fraction of sp³-hybridized carbons (Fsp3) is 0.600.